The molecule has 23 heavy (non-hydrogen) atoms. The predicted octanol–water partition coefficient (Wildman–Crippen LogP) is 2.60. The maximum absolute atomic E-state index is 12.9. The Balaban J connectivity index is 1.58. The number of H-pyrrole nitrogens is 1. The standard InChI is InChI=1S/C18H12N2O3/c21-15(11-9-19-13-7-3-1-5-10(11)13)16-18(23-16)12-6-2-4-8-14(12)20-17(18)22/h1-9,16,19H,(H,20,22). The van der Waals surface area contributed by atoms with Gasteiger partial charge in [-0.1, -0.05) is 36.4 Å². The third-order valence-electron chi connectivity index (χ3n) is 4.62. The molecule has 1 aromatic heterocycles. The highest BCUT2D eigenvalue weighted by molar-refractivity contribution is 6.18. The molecule has 1 fully saturated rings. The highest BCUT2D eigenvalue weighted by Crippen LogP contribution is 2.54. The molecule has 2 aliphatic rings. The van der Waals surface area contributed by atoms with E-state index in [1.165, 1.54) is 0 Å². The zero-order valence-corrected chi connectivity index (χ0v) is 12.0. The normalized spacial score (nSPS) is 24.7. The van der Waals surface area contributed by atoms with Crippen LogP contribution in [0.15, 0.2) is 54.7 Å². The summed E-state index contributed by atoms with van der Waals surface area (Å²) in [4.78, 5) is 28.3. The van der Waals surface area contributed by atoms with Gasteiger partial charge in [0.1, 0.15) is 0 Å². The Morgan fingerprint density at radius 3 is 2.78 bits per heavy atom. The number of ether oxygens (including phenoxy) is 1. The van der Waals surface area contributed by atoms with Gasteiger partial charge in [-0.05, 0) is 12.1 Å². The summed E-state index contributed by atoms with van der Waals surface area (Å²) in [6.45, 7) is 0. The molecular weight excluding hydrogens is 292 g/mol. The van der Waals surface area contributed by atoms with Gasteiger partial charge < -0.3 is 15.0 Å². The summed E-state index contributed by atoms with van der Waals surface area (Å²) in [7, 11) is 0. The second kappa shape index (κ2) is 4.08. The van der Waals surface area contributed by atoms with Crippen LogP contribution in [0.1, 0.15) is 15.9 Å². The third kappa shape index (κ3) is 1.49. The van der Waals surface area contributed by atoms with Crippen molar-refractivity contribution >= 4 is 28.3 Å². The molecule has 2 N–H and O–H groups in total. The lowest BCUT2D eigenvalue weighted by molar-refractivity contribution is -0.120. The second-order valence-corrected chi connectivity index (χ2v) is 5.85. The number of fused-ring (bicyclic) bond motifs is 3. The number of carbonyl (C=O) groups excluding carboxylic acids is 2. The van der Waals surface area contributed by atoms with Gasteiger partial charge in [0.05, 0.1) is 0 Å². The Hall–Kier alpha value is -2.92. The zero-order valence-electron chi connectivity index (χ0n) is 12.0. The van der Waals surface area contributed by atoms with Crippen molar-refractivity contribution in [2.45, 2.75) is 11.7 Å². The van der Waals surface area contributed by atoms with Crippen LogP contribution >= 0.6 is 0 Å². The molecule has 2 aromatic carbocycles. The molecule has 0 radical (unpaired) electrons. The molecule has 3 aromatic rings. The molecule has 1 saturated heterocycles. The number of aromatic nitrogens is 1. The molecule has 0 bridgehead atoms. The number of ketones is 1. The van der Waals surface area contributed by atoms with Crippen molar-refractivity contribution in [3.63, 3.8) is 0 Å². The van der Waals surface area contributed by atoms with Gasteiger partial charge in [0.2, 0.25) is 5.60 Å². The lowest BCUT2D eigenvalue weighted by atomic mass is 9.92. The Labute approximate surface area is 131 Å². The van der Waals surface area contributed by atoms with Gasteiger partial charge in [-0.3, -0.25) is 9.59 Å². The van der Waals surface area contributed by atoms with Crippen molar-refractivity contribution in [2.24, 2.45) is 0 Å². The summed E-state index contributed by atoms with van der Waals surface area (Å²) < 4.78 is 5.66. The number of rotatable bonds is 2. The molecular formula is C18H12N2O3. The van der Waals surface area contributed by atoms with E-state index in [-0.39, 0.29) is 11.7 Å². The number of epoxide rings is 1. The lowest BCUT2D eigenvalue weighted by Crippen LogP contribution is -2.26. The molecule has 5 nitrogen and oxygen atoms in total. The number of aromatic amines is 1. The van der Waals surface area contributed by atoms with Gasteiger partial charge in [-0.25, -0.2) is 0 Å². The van der Waals surface area contributed by atoms with Crippen LogP contribution in [0.4, 0.5) is 5.69 Å². The van der Waals surface area contributed by atoms with E-state index in [1.807, 2.05) is 48.5 Å². The fourth-order valence-electron chi connectivity index (χ4n) is 3.44. The average molecular weight is 304 g/mol. The van der Waals surface area contributed by atoms with Crippen LogP contribution in [0.2, 0.25) is 0 Å². The lowest BCUT2D eigenvalue weighted by Gasteiger charge is -2.02. The number of hydrogen-bond donors (Lipinski definition) is 2. The molecule has 2 atom stereocenters. The molecule has 5 heteroatoms. The van der Waals surface area contributed by atoms with Crippen LogP contribution in [0, 0.1) is 0 Å². The number of Topliss-reactive ketones (excluding diaryl/α,β-unsaturated/α-hetero) is 1. The maximum Gasteiger partial charge on any atom is 0.264 e. The number of para-hydroxylation sites is 2. The minimum absolute atomic E-state index is 0.172. The van der Waals surface area contributed by atoms with E-state index in [2.05, 4.69) is 10.3 Å². The molecule has 0 aliphatic carbocycles. The molecule has 1 amide bonds. The van der Waals surface area contributed by atoms with Gasteiger partial charge >= 0.3 is 0 Å². The SMILES string of the molecule is O=C(c1c[nH]c2ccccc12)C1OC12C(=O)Nc1ccccc12. The Kier molecular flexibility index (Phi) is 2.24. The minimum Gasteiger partial charge on any atom is -0.360 e. The average Bonchev–Trinajstić information content (AvgIpc) is 3.08. The van der Waals surface area contributed by atoms with Gasteiger partial charge in [-0.2, -0.15) is 0 Å². The van der Waals surface area contributed by atoms with Gasteiger partial charge in [0.25, 0.3) is 5.91 Å². The number of nitrogens with one attached hydrogen (secondary N) is 2. The Morgan fingerprint density at radius 2 is 1.87 bits per heavy atom. The summed E-state index contributed by atoms with van der Waals surface area (Å²) in [6.07, 6.45) is 0.909. The fraction of sp³-hybridized carbons (Fsp3) is 0.111. The van der Waals surface area contributed by atoms with E-state index < -0.39 is 11.7 Å². The van der Waals surface area contributed by atoms with Gasteiger partial charge in [0.15, 0.2) is 11.9 Å². The van der Waals surface area contributed by atoms with Crippen molar-refractivity contribution in [1.29, 1.82) is 0 Å². The first kappa shape index (κ1) is 12.6. The first-order chi connectivity index (χ1) is 11.2. The van der Waals surface area contributed by atoms with E-state index in [0.717, 1.165) is 16.5 Å². The molecule has 1 spiro atoms. The van der Waals surface area contributed by atoms with E-state index >= 15 is 0 Å². The molecule has 112 valence electrons. The first-order valence-corrected chi connectivity index (χ1v) is 7.41. The Morgan fingerprint density at radius 1 is 1.09 bits per heavy atom. The maximum atomic E-state index is 12.9. The fourth-order valence-corrected chi connectivity index (χ4v) is 3.44. The second-order valence-electron chi connectivity index (χ2n) is 5.85. The quantitative estimate of drug-likeness (QED) is 0.564. The first-order valence-electron chi connectivity index (χ1n) is 7.41. The van der Waals surface area contributed by atoms with Crippen molar-refractivity contribution in [1.82, 2.24) is 4.98 Å². The number of anilines is 1. The van der Waals surface area contributed by atoms with Crippen LogP contribution in [0.25, 0.3) is 10.9 Å². The van der Waals surface area contributed by atoms with Crippen LogP contribution in [0.3, 0.4) is 0 Å². The van der Waals surface area contributed by atoms with Crippen molar-refractivity contribution in [2.75, 3.05) is 5.32 Å². The van der Waals surface area contributed by atoms with E-state index in [1.54, 1.807) is 6.20 Å². The van der Waals surface area contributed by atoms with Crippen molar-refractivity contribution < 1.29 is 14.3 Å². The van der Waals surface area contributed by atoms with Gasteiger partial charge in [0, 0.05) is 33.9 Å². The number of carbonyl (C=O) groups is 2. The summed E-state index contributed by atoms with van der Waals surface area (Å²) in [5.41, 5.74) is 1.74. The molecule has 2 aliphatic heterocycles. The number of benzene rings is 2. The molecule has 5 rings (SSSR count). The summed E-state index contributed by atoms with van der Waals surface area (Å²) in [5.74, 6) is -0.439. The number of hydrogen-bond acceptors (Lipinski definition) is 3. The van der Waals surface area contributed by atoms with E-state index in [4.69, 9.17) is 4.74 Å². The van der Waals surface area contributed by atoms with E-state index in [0.29, 0.717) is 11.3 Å². The van der Waals surface area contributed by atoms with E-state index in [9.17, 15) is 9.59 Å². The highest BCUT2D eigenvalue weighted by atomic mass is 16.6. The smallest absolute Gasteiger partial charge is 0.264 e. The monoisotopic (exact) mass is 304 g/mol. The van der Waals surface area contributed by atoms with Crippen LogP contribution in [-0.4, -0.2) is 22.8 Å². The Bertz CT molecular complexity index is 991. The van der Waals surface area contributed by atoms with Crippen LogP contribution in [0.5, 0.6) is 0 Å². The highest BCUT2D eigenvalue weighted by Gasteiger charge is 2.70. The van der Waals surface area contributed by atoms with Crippen LogP contribution < -0.4 is 5.32 Å². The van der Waals surface area contributed by atoms with Crippen LogP contribution in [-0.2, 0) is 15.1 Å². The number of amides is 1. The largest absolute Gasteiger partial charge is 0.360 e. The molecule has 0 saturated carbocycles. The van der Waals surface area contributed by atoms with Crippen molar-refractivity contribution in [3.05, 3.63) is 65.9 Å². The molecule has 3 heterocycles. The predicted molar refractivity (Wildman–Crippen MR) is 84.3 cm³/mol. The summed E-state index contributed by atoms with van der Waals surface area (Å²) in [5, 5.41) is 3.64. The topological polar surface area (TPSA) is 74.5 Å². The minimum atomic E-state index is -1.16. The zero-order chi connectivity index (χ0) is 15.6. The van der Waals surface area contributed by atoms with Crippen molar-refractivity contribution in [3.8, 4) is 0 Å². The summed E-state index contributed by atoms with van der Waals surface area (Å²) in [6, 6.07) is 14.9. The summed E-state index contributed by atoms with van der Waals surface area (Å²) >= 11 is 0. The van der Waals surface area contributed by atoms with Gasteiger partial charge in [-0.15, -0.1) is 0 Å². The third-order valence-corrected chi connectivity index (χ3v) is 4.62. The molecule has 2 unspecified atom stereocenters.